The second-order valence-electron chi connectivity index (χ2n) is 6.13. The van der Waals surface area contributed by atoms with Crippen molar-refractivity contribution in [3.05, 3.63) is 22.9 Å². The van der Waals surface area contributed by atoms with E-state index in [4.69, 9.17) is 4.74 Å². The number of hydrogen-bond donors (Lipinski definition) is 1. The van der Waals surface area contributed by atoms with E-state index in [0.29, 0.717) is 30.8 Å². The monoisotopic (exact) mass is 304 g/mol. The van der Waals surface area contributed by atoms with Gasteiger partial charge in [-0.25, -0.2) is 4.79 Å². The molecule has 0 radical (unpaired) electrons. The number of carbonyl (C=O) groups excluding carboxylic acids is 1. The second kappa shape index (κ2) is 5.36. The fourth-order valence-corrected chi connectivity index (χ4v) is 2.32. The Hall–Kier alpha value is -1.50. The third-order valence-electron chi connectivity index (χ3n) is 3.21. The summed E-state index contributed by atoms with van der Waals surface area (Å²) in [6.07, 6.45) is -3.53. The van der Waals surface area contributed by atoms with Gasteiger partial charge in [-0.1, -0.05) is 0 Å². The van der Waals surface area contributed by atoms with Crippen LogP contribution in [0.5, 0.6) is 0 Å². The summed E-state index contributed by atoms with van der Waals surface area (Å²) in [5, 5.41) is 3.02. The molecule has 0 saturated heterocycles. The van der Waals surface area contributed by atoms with Crippen LogP contribution in [0.4, 0.5) is 18.0 Å². The minimum Gasteiger partial charge on any atom is -0.443 e. The lowest BCUT2D eigenvalue weighted by molar-refractivity contribution is -0.0956. The summed E-state index contributed by atoms with van der Waals surface area (Å²) in [4.78, 5) is 13.3. The molecule has 0 aromatic heterocycles. The first-order valence-electron chi connectivity index (χ1n) is 6.79. The Kier molecular flexibility index (Phi) is 4.06. The maximum Gasteiger partial charge on any atom is 0.414 e. The number of ether oxygens (including phenoxy) is 1. The minimum absolute atomic E-state index is 0.328. The van der Waals surface area contributed by atoms with E-state index in [1.807, 2.05) is 0 Å². The normalized spacial score (nSPS) is 20.1. The fourth-order valence-electron chi connectivity index (χ4n) is 2.32. The summed E-state index contributed by atoms with van der Waals surface area (Å²) in [6, 6.07) is 0. The molecule has 0 bridgehead atoms. The van der Waals surface area contributed by atoms with Crippen LogP contribution in [0.25, 0.3) is 0 Å². The molecule has 0 unspecified atom stereocenters. The first-order valence-corrected chi connectivity index (χ1v) is 6.79. The minimum atomic E-state index is -4.45. The van der Waals surface area contributed by atoms with Crippen molar-refractivity contribution in [2.24, 2.45) is 0 Å². The van der Waals surface area contributed by atoms with Gasteiger partial charge in [-0.15, -0.1) is 0 Å². The third-order valence-corrected chi connectivity index (χ3v) is 3.21. The number of amides is 1. The van der Waals surface area contributed by atoms with E-state index >= 15 is 0 Å². The van der Waals surface area contributed by atoms with E-state index in [-0.39, 0.29) is 0 Å². The summed E-state index contributed by atoms with van der Waals surface area (Å²) in [7, 11) is 0. The first kappa shape index (κ1) is 15.9. The van der Waals surface area contributed by atoms with E-state index in [9.17, 15) is 18.0 Å². The Bertz CT molecular complexity index is 501. The van der Waals surface area contributed by atoms with Gasteiger partial charge in [0, 0.05) is 25.2 Å². The molecule has 2 aliphatic heterocycles. The van der Waals surface area contributed by atoms with Crippen molar-refractivity contribution in [2.75, 3.05) is 19.6 Å². The van der Waals surface area contributed by atoms with Gasteiger partial charge in [-0.3, -0.25) is 4.90 Å². The molecule has 0 aliphatic carbocycles. The lowest BCUT2D eigenvalue weighted by Gasteiger charge is -2.36. The highest BCUT2D eigenvalue weighted by molar-refractivity contribution is 5.72. The zero-order valence-electron chi connectivity index (χ0n) is 12.3. The van der Waals surface area contributed by atoms with Crippen molar-refractivity contribution >= 4 is 6.09 Å². The summed E-state index contributed by atoms with van der Waals surface area (Å²) < 4.78 is 44.2. The number of rotatable bonds is 0. The standard InChI is InChI=1S/C14H19F3N2O2/c1-13(2,3)21-12(20)19-8-10(14(15,16)17)6-9-7-18-5-4-11(9)19/h6,18H,4-5,7-8H2,1-3H3. The van der Waals surface area contributed by atoms with Gasteiger partial charge in [-0.2, -0.15) is 13.2 Å². The van der Waals surface area contributed by atoms with Crippen molar-refractivity contribution in [1.82, 2.24) is 10.2 Å². The number of hydrogen-bond acceptors (Lipinski definition) is 3. The SMILES string of the molecule is CC(C)(C)OC(=O)N1CC(C(F)(F)F)=CC2=C1CCNC2. The van der Waals surface area contributed by atoms with Crippen molar-refractivity contribution < 1.29 is 22.7 Å². The van der Waals surface area contributed by atoms with E-state index in [1.165, 1.54) is 0 Å². The van der Waals surface area contributed by atoms with Gasteiger partial charge in [0.2, 0.25) is 0 Å². The van der Waals surface area contributed by atoms with Gasteiger partial charge in [0.1, 0.15) is 5.60 Å². The van der Waals surface area contributed by atoms with Crippen LogP contribution in [-0.2, 0) is 4.74 Å². The highest BCUT2D eigenvalue weighted by Gasteiger charge is 2.40. The lowest BCUT2D eigenvalue weighted by Crippen LogP contribution is -2.44. The Labute approximate surface area is 121 Å². The number of carbonyl (C=O) groups is 1. The average Bonchev–Trinajstić information content (AvgIpc) is 2.34. The van der Waals surface area contributed by atoms with E-state index < -0.39 is 30.0 Å². The molecule has 0 saturated carbocycles. The van der Waals surface area contributed by atoms with Gasteiger partial charge < -0.3 is 10.1 Å². The molecule has 0 aromatic rings. The topological polar surface area (TPSA) is 41.6 Å². The smallest absolute Gasteiger partial charge is 0.414 e. The molecule has 118 valence electrons. The van der Waals surface area contributed by atoms with Crippen LogP contribution in [-0.4, -0.2) is 42.4 Å². The highest BCUT2D eigenvalue weighted by Crippen LogP contribution is 2.34. The predicted octanol–water partition coefficient (Wildman–Crippen LogP) is 2.97. The number of halogens is 3. The predicted molar refractivity (Wildman–Crippen MR) is 71.6 cm³/mol. The number of alkyl halides is 3. The quantitative estimate of drug-likeness (QED) is 0.748. The highest BCUT2D eigenvalue weighted by atomic mass is 19.4. The zero-order chi connectivity index (χ0) is 15.8. The van der Waals surface area contributed by atoms with E-state index in [0.717, 1.165) is 11.0 Å². The molecule has 2 aliphatic rings. The van der Waals surface area contributed by atoms with Crippen LogP contribution < -0.4 is 5.32 Å². The Morgan fingerprint density at radius 1 is 1.33 bits per heavy atom. The molecule has 0 aromatic carbocycles. The van der Waals surface area contributed by atoms with Gasteiger partial charge in [0.05, 0.1) is 12.1 Å². The molecule has 7 heteroatoms. The van der Waals surface area contributed by atoms with Gasteiger partial charge >= 0.3 is 12.3 Å². The van der Waals surface area contributed by atoms with E-state index in [2.05, 4.69) is 5.32 Å². The Morgan fingerprint density at radius 2 is 2.00 bits per heavy atom. The Balaban J connectivity index is 2.31. The molecular weight excluding hydrogens is 285 g/mol. The molecule has 0 spiro atoms. The molecular formula is C14H19F3N2O2. The largest absolute Gasteiger partial charge is 0.443 e. The molecule has 0 fully saturated rings. The maximum atomic E-state index is 13.0. The molecule has 1 amide bonds. The summed E-state index contributed by atoms with van der Waals surface area (Å²) >= 11 is 0. The summed E-state index contributed by atoms with van der Waals surface area (Å²) in [5.41, 5.74) is -0.345. The number of nitrogens with zero attached hydrogens (tertiary/aromatic N) is 1. The summed E-state index contributed by atoms with van der Waals surface area (Å²) in [6.45, 7) is 5.53. The van der Waals surface area contributed by atoms with Crippen molar-refractivity contribution in [3.63, 3.8) is 0 Å². The molecule has 2 heterocycles. The average molecular weight is 304 g/mol. The molecule has 0 atom stereocenters. The lowest BCUT2D eigenvalue weighted by atomic mass is 9.98. The second-order valence-corrected chi connectivity index (χ2v) is 6.13. The van der Waals surface area contributed by atoms with Gasteiger partial charge in [0.25, 0.3) is 0 Å². The zero-order valence-corrected chi connectivity index (χ0v) is 12.3. The molecule has 4 nitrogen and oxygen atoms in total. The number of nitrogens with one attached hydrogen (secondary N) is 1. The van der Waals surface area contributed by atoms with Crippen molar-refractivity contribution in [1.29, 1.82) is 0 Å². The van der Waals surface area contributed by atoms with Gasteiger partial charge in [-0.05, 0) is 32.4 Å². The molecule has 2 rings (SSSR count). The first-order chi connectivity index (χ1) is 9.58. The van der Waals surface area contributed by atoms with Crippen molar-refractivity contribution in [3.8, 4) is 0 Å². The third kappa shape index (κ3) is 3.78. The molecule has 21 heavy (non-hydrogen) atoms. The van der Waals surface area contributed by atoms with Gasteiger partial charge in [0.15, 0.2) is 0 Å². The van der Waals surface area contributed by atoms with Crippen LogP contribution in [0.1, 0.15) is 27.2 Å². The van der Waals surface area contributed by atoms with Crippen LogP contribution in [0.2, 0.25) is 0 Å². The van der Waals surface area contributed by atoms with Crippen LogP contribution in [0.15, 0.2) is 22.9 Å². The van der Waals surface area contributed by atoms with Crippen LogP contribution >= 0.6 is 0 Å². The van der Waals surface area contributed by atoms with Crippen molar-refractivity contribution in [2.45, 2.75) is 39.0 Å². The Morgan fingerprint density at radius 3 is 2.57 bits per heavy atom. The van der Waals surface area contributed by atoms with Crippen LogP contribution in [0.3, 0.4) is 0 Å². The fraction of sp³-hybridized carbons (Fsp3) is 0.643. The maximum absolute atomic E-state index is 13.0. The van der Waals surface area contributed by atoms with E-state index in [1.54, 1.807) is 20.8 Å². The summed E-state index contributed by atoms with van der Waals surface area (Å²) in [5.74, 6) is 0. The molecule has 1 N–H and O–H groups in total. The van der Waals surface area contributed by atoms with Crippen LogP contribution in [0, 0.1) is 0 Å².